The summed E-state index contributed by atoms with van der Waals surface area (Å²) in [4.78, 5) is 24.0. The minimum absolute atomic E-state index is 0.00179. The molecular formula is C23H35NO6. The molecule has 0 saturated heterocycles. The Kier molecular flexibility index (Phi) is 6.75. The summed E-state index contributed by atoms with van der Waals surface area (Å²) in [6.07, 6.45) is 4.98. The summed E-state index contributed by atoms with van der Waals surface area (Å²) < 4.78 is 9.87. The number of fused-ring (bicyclic) bond motifs is 1. The second-order valence-electron chi connectivity index (χ2n) is 9.53. The maximum atomic E-state index is 12.3. The molecule has 3 rings (SSSR count). The number of carbonyl (C=O) groups is 2. The minimum atomic E-state index is -0.563. The maximum absolute atomic E-state index is 12.3. The number of esters is 2. The van der Waals surface area contributed by atoms with Gasteiger partial charge in [-0.15, -0.1) is 0 Å². The molecule has 168 valence electrons. The maximum Gasteiger partial charge on any atom is 0.335 e. The van der Waals surface area contributed by atoms with Crippen LogP contribution in [0.5, 0.6) is 0 Å². The highest BCUT2D eigenvalue weighted by atomic mass is 16.5. The first-order valence-electron chi connectivity index (χ1n) is 10.8. The molecule has 0 aromatic rings. The van der Waals surface area contributed by atoms with Crippen LogP contribution in [0.25, 0.3) is 0 Å². The third-order valence-corrected chi connectivity index (χ3v) is 8.01. The van der Waals surface area contributed by atoms with Crippen LogP contribution in [-0.4, -0.2) is 61.2 Å². The SMILES string of the molecule is C=C1CCC2[C@](C)(CO)[C@H](O)CC[C@@]2(C)[C@@H]1CC(NCC(=O)OC)C1=CCOC1=O. The van der Waals surface area contributed by atoms with E-state index in [-0.39, 0.29) is 49.0 Å². The third-order valence-electron chi connectivity index (χ3n) is 8.01. The molecule has 1 aliphatic heterocycles. The first-order chi connectivity index (χ1) is 14.2. The average molecular weight is 422 g/mol. The van der Waals surface area contributed by atoms with Crippen LogP contribution in [0, 0.1) is 22.7 Å². The zero-order valence-electron chi connectivity index (χ0n) is 18.3. The van der Waals surface area contributed by atoms with Crippen LogP contribution in [0.3, 0.4) is 0 Å². The van der Waals surface area contributed by atoms with E-state index < -0.39 is 17.5 Å². The van der Waals surface area contributed by atoms with Crippen LogP contribution in [-0.2, 0) is 19.1 Å². The van der Waals surface area contributed by atoms with E-state index in [4.69, 9.17) is 9.47 Å². The number of aliphatic hydroxyl groups is 2. The van der Waals surface area contributed by atoms with Crippen LogP contribution < -0.4 is 5.32 Å². The topological polar surface area (TPSA) is 105 Å². The van der Waals surface area contributed by atoms with Gasteiger partial charge in [-0.2, -0.15) is 0 Å². The predicted octanol–water partition coefficient (Wildman–Crippen LogP) is 1.73. The lowest BCUT2D eigenvalue weighted by Gasteiger charge is -2.60. The number of methoxy groups -OCH3 is 1. The summed E-state index contributed by atoms with van der Waals surface area (Å²) in [6, 6.07) is -0.358. The van der Waals surface area contributed by atoms with Gasteiger partial charge in [-0.1, -0.05) is 26.0 Å². The molecule has 0 bridgehead atoms. The number of aliphatic hydroxyl groups excluding tert-OH is 2. The van der Waals surface area contributed by atoms with Crippen molar-refractivity contribution in [3.05, 3.63) is 23.8 Å². The molecule has 1 heterocycles. The summed E-state index contributed by atoms with van der Waals surface area (Å²) in [6.45, 7) is 8.74. The summed E-state index contributed by atoms with van der Waals surface area (Å²) in [5.41, 5.74) is 0.938. The highest BCUT2D eigenvalue weighted by Crippen LogP contribution is 2.61. The standard InChI is InChI=1S/C23H35NO6/c1-14-5-6-18-22(2,9-7-19(26)23(18,3)13-25)16(14)11-17(24-12-20(27)29-4)15-8-10-30-21(15)28/h8,16-19,24-26H,1,5-7,9-13H2,2-4H3/t16-,17?,18?,19-,22+,23+/m1/s1. The van der Waals surface area contributed by atoms with Gasteiger partial charge in [-0.25, -0.2) is 4.79 Å². The first kappa shape index (κ1) is 23.0. The third kappa shape index (κ3) is 3.95. The predicted molar refractivity (Wildman–Crippen MR) is 111 cm³/mol. The molecule has 0 aromatic carbocycles. The Hall–Kier alpha value is -1.70. The van der Waals surface area contributed by atoms with Crippen LogP contribution in [0.1, 0.15) is 46.0 Å². The van der Waals surface area contributed by atoms with E-state index in [9.17, 15) is 19.8 Å². The van der Waals surface area contributed by atoms with Crippen LogP contribution >= 0.6 is 0 Å². The number of carbonyl (C=O) groups excluding carboxylic acids is 2. The normalized spacial score (nSPS) is 37.2. The van der Waals surface area contributed by atoms with Crippen molar-refractivity contribution in [1.29, 1.82) is 0 Å². The van der Waals surface area contributed by atoms with Crippen molar-refractivity contribution in [3.63, 3.8) is 0 Å². The van der Waals surface area contributed by atoms with Crippen molar-refractivity contribution >= 4 is 11.9 Å². The highest BCUT2D eigenvalue weighted by molar-refractivity contribution is 5.91. The van der Waals surface area contributed by atoms with Gasteiger partial charge < -0.3 is 19.7 Å². The molecule has 7 nitrogen and oxygen atoms in total. The quantitative estimate of drug-likeness (QED) is 0.425. The lowest BCUT2D eigenvalue weighted by Crippen LogP contribution is -2.58. The second kappa shape index (κ2) is 8.81. The fraction of sp³-hybridized carbons (Fsp3) is 0.739. The van der Waals surface area contributed by atoms with E-state index in [1.807, 2.05) is 6.92 Å². The van der Waals surface area contributed by atoms with E-state index >= 15 is 0 Å². The van der Waals surface area contributed by atoms with Crippen LogP contribution in [0.4, 0.5) is 0 Å². The Balaban J connectivity index is 1.89. The molecule has 2 saturated carbocycles. The molecule has 0 aromatic heterocycles. The lowest BCUT2D eigenvalue weighted by atomic mass is 9.46. The molecule has 6 atom stereocenters. The van der Waals surface area contributed by atoms with Gasteiger partial charge in [-0.05, 0) is 55.4 Å². The van der Waals surface area contributed by atoms with Crippen molar-refractivity contribution in [1.82, 2.24) is 5.32 Å². The Morgan fingerprint density at radius 1 is 1.43 bits per heavy atom. The molecule has 3 aliphatic rings. The molecule has 0 spiro atoms. The van der Waals surface area contributed by atoms with Crippen molar-refractivity contribution in [2.24, 2.45) is 22.7 Å². The van der Waals surface area contributed by atoms with E-state index in [0.29, 0.717) is 18.4 Å². The molecule has 2 fully saturated rings. The summed E-state index contributed by atoms with van der Waals surface area (Å²) in [7, 11) is 1.33. The van der Waals surface area contributed by atoms with Crippen molar-refractivity contribution in [3.8, 4) is 0 Å². The first-order valence-corrected chi connectivity index (χ1v) is 10.8. The fourth-order valence-corrected chi connectivity index (χ4v) is 6.13. The number of ether oxygens (including phenoxy) is 2. The van der Waals surface area contributed by atoms with Gasteiger partial charge in [0.2, 0.25) is 0 Å². The van der Waals surface area contributed by atoms with E-state index in [2.05, 4.69) is 18.8 Å². The van der Waals surface area contributed by atoms with E-state index in [1.165, 1.54) is 7.11 Å². The fourth-order valence-electron chi connectivity index (χ4n) is 6.13. The molecular weight excluding hydrogens is 386 g/mol. The molecule has 0 radical (unpaired) electrons. The lowest BCUT2D eigenvalue weighted by molar-refractivity contribution is -0.153. The van der Waals surface area contributed by atoms with Crippen LogP contribution in [0.2, 0.25) is 0 Å². The molecule has 0 amide bonds. The van der Waals surface area contributed by atoms with Crippen molar-refractivity contribution in [2.75, 3.05) is 26.9 Å². The number of hydrogen-bond acceptors (Lipinski definition) is 7. The smallest absolute Gasteiger partial charge is 0.335 e. The Morgan fingerprint density at radius 3 is 2.77 bits per heavy atom. The highest BCUT2D eigenvalue weighted by Gasteiger charge is 2.57. The van der Waals surface area contributed by atoms with Gasteiger partial charge in [0.15, 0.2) is 0 Å². The monoisotopic (exact) mass is 421 g/mol. The zero-order chi connectivity index (χ0) is 22.1. The molecule has 2 unspecified atom stereocenters. The minimum Gasteiger partial charge on any atom is -0.468 e. The molecule has 2 aliphatic carbocycles. The van der Waals surface area contributed by atoms with Crippen molar-refractivity contribution < 1.29 is 29.3 Å². The van der Waals surface area contributed by atoms with Gasteiger partial charge >= 0.3 is 11.9 Å². The Morgan fingerprint density at radius 2 is 2.17 bits per heavy atom. The number of cyclic esters (lactones) is 1. The Bertz CT molecular complexity index is 733. The molecule has 30 heavy (non-hydrogen) atoms. The largest absolute Gasteiger partial charge is 0.468 e. The second-order valence-corrected chi connectivity index (χ2v) is 9.53. The van der Waals surface area contributed by atoms with Gasteiger partial charge in [0.05, 0.1) is 31.9 Å². The number of hydrogen-bond donors (Lipinski definition) is 3. The van der Waals surface area contributed by atoms with Crippen LogP contribution in [0.15, 0.2) is 23.8 Å². The summed E-state index contributed by atoms with van der Waals surface area (Å²) >= 11 is 0. The summed E-state index contributed by atoms with van der Waals surface area (Å²) in [5.74, 6) is -0.536. The van der Waals surface area contributed by atoms with Crippen molar-refractivity contribution in [2.45, 2.75) is 58.1 Å². The molecule has 7 heteroatoms. The van der Waals surface area contributed by atoms with Gasteiger partial charge in [0.1, 0.15) is 6.61 Å². The van der Waals surface area contributed by atoms with E-state index in [1.54, 1.807) is 6.08 Å². The summed E-state index contributed by atoms with van der Waals surface area (Å²) in [5, 5.41) is 24.0. The number of rotatable bonds is 7. The van der Waals surface area contributed by atoms with Gasteiger partial charge in [0.25, 0.3) is 0 Å². The van der Waals surface area contributed by atoms with Gasteiger partial charge in [0, 0.05) is 11.5 Å². The molecule has 3 N–H and O–H groups in total. The van der Waals surface area contributed by atoms with E-state index in [0.717, 1.165) is 24.8 Å². The number of allylic oxidation sites excluding steroid dienone is 1. The average Bonchev–Trinajstić information content (AvgIpc) is 3.15. The Labute approximate surface area is 178 Å². The van der Waals surface area contributed by atoms with Gasteiger partial charge in [-0.3, -0.25) is 10.1 Å². The number of nitrogens with one attached hydrogen (secondary N) is 1. The zero-order valence-corrected chi connectivity index (χ0v) is 18.3.